The van der Waals surface area contributed by atoms with Gasteiger partial charge in [-0.25, -0.2) is 0 Å². The second-order valence-corrected chi connectivity index (χ2v) is 6.61. The van der Waals surface area contributed by atoms with Crippen LogP contribution in [0.4, 0.5) is 0 Å². The molecule has 1 saturated carbocycles. The molecule has 2 aromatic heterocycles. The van der Waals surface area contributed by atoms with Crippen LogP contribution in [-0.4, -0.2) is 22.7 Å². The number of nitrogens with one attached hydrogen (secondary N) is 1. The molecule has 2 unspecified atom stereocenters. The zero-order chi connectivity index (χ0) is 14.5. The van der Waals surface area contributed by atoms with Crippen molar-refractivity contribution < 1.29 is 4.52 Å². The van der Waals surface area contributed by atoms with Gasteiger partial charge < -0.3 is 9.84 Å². The van der Waals surface area contributed by atoms with Gasteiger partial charge >= 0.3 is 0 Å². The van der Waals surface area contributed by atoms with E-state index in [4.69, 9.17) is 4.52 Å². The van der Waals surface area contributed by atoms with E-state index in [9.17, 15) is 0 Å². The molecule has 1 fully saturated rings. The summed E-state index contributed by atoms with van der Waals surface area (Å²) in [4.78, 5) is 4.56. The summed E-state index contributed by atoms with van der Waals surface area (Å²) in [6.45, 7) is 3.32. The Morgan fingerprint density at radius 1 is 1.38 bits per heavy atom. The van der Waals surface area contributed by atoms with Crippen LogP contribution in [-0.2, 0) is 6.42 Å². The van der Waals surface area contributed by atoms with Crippen molar-refractivity contribution in [2.45, 2.75) is 51.5 Å². The molecule has 2 atom stereocenters. The van der Waals surface area contributed by atoms with E-state index in [1.807, 2.05) is 11.4 Å². The van der Waals surface area contributed by atoms with Gasteiger partial charge in [-0.15, -0.1) is 0 Å². The van der Waals surface area contributed by atoms with Gasteiger partial charge in [-0.2, -0.15) is 16.3 Å². The number of thiophene rings is 1. The first-order chi connectivity index (χ1) is 10.4. The molecule has 0 radical (unpaired) electrons. The van der Waals surface area contributed by atoms with Crippen molar-refractivity contribution in [2.24, 2.45) is 5.92 Å². The molecule has 1 aliphatic carbocycles. The van der Waals surface area contributed by atoms with Gasteiger partial charge in [0.2, 0.25) is 11.7 Å². The standard InChI is InChI=1S/C16H23N3OS/c1-2-8-17-14-6-4-3-5-12(14)10-15-18-16(19-20-15)13-7-9-21-11-13/h7,9,11-12,14,17H,2-6,8,10H2,1H3. The van der Waals surface area contributed by atoms with E-state index in [0.29, 0.717) is 12.0 Å². The van der Waals surface area contributed by atoms with Crippen LogP contribution in [0, 0.1) is 5.92 Å². The Labute approximate surface area is 130 Å². The monoisotopic (exact) mass is 305 g/mol. The van der Waals surface area contributed by atoms with E-state index in [0.717, 1.165) is 30.2 Å². The minimum atomic E-state index is 0.607. The zero-order valence-corrected chi connectivity index (χ0v) is 13.4. The summed E-state index contributed by atoms with van der Waals surface area (Å²) in [5.41, 5.74) is 1.05. The Hall–Kier alpha value is -1.20. The third-order valence-corrected chi connectivity index (χ3v) is 4.93. The molecule has 2 heterocycles. The molecule has 1 N–H and O–H groups in total. The van der Waals surface area contributed by atoms with E-state index in [1.54, 1.807) is 11.3 Å². The second-order valence-electron chi connectivity index (χ2n) is 5.83. The van der Waals surface area contributed by atoms with E-state index >= 15 is 0 Å². The van der Waals surface area contributed by atoms with Crippen molar-refractivity contribution >= 4 is 11.3 Å². The Bertz CT molecular complexity index is 537. The molecule has 4 nitrogen and oxygen atoms in total. The van der Waals surface area contributed by atoms with Crippen molar-refractivity contribution in [2.75, 3.05) is 6.54 Å². The largest absolute Gasteiger partial charge is 0.339 e. The molecule has 2 aromatic rings. The van der Waals surface area contributed by atoms with Crippen molar-refractivity contribution in [1.29, 1.82) is 0 Å². The van der Waals surface area contributed by atoms with E-state index in [2.05, 4.69) is 27.8 Å². The average Bonchev–Trinajstić information content (AvgIpc) is 3.17. The van der Waals surface area contributed by atoms with Gasteiger partial charge in [-0.3, -0.25) is 0 Å². The minimum absolute atomic E-state index is 0.607. The Morgan fingerprint density at radius 3 is 3.10 bits per heavy atom. The molecule has 0 saturated heterocycles. The molecular formula is C16H23N3OS. The highest BCUT2D eigenvalue weighted by Gasteiger charge is 2.26. The third kappa shape index (κ3) is 3.71. The molecule has 0 bridgehead atoms. The maximum absolute atomic E-state index is 5.46. The number of aromatic nitrogens is 2. The molecular weight excluding hydrogens is 282 g/mol. The Morgan fingerprint density at radius 2 is 2.29 bits per heavy atom. The van der Waals surface area contributed by atoms with Gasteiger partial charge in [-0.05, 0) is 43.2 Å². The summed E-state index contributed by atoms with van der Waals surface area (Å²) in [7, 11) is 0. The van der Waals surface area contributed by atoms with Gasteiger partial charge in [0.25, 0.3) is 0 Å². The number of nitrogens with zero attached hydrogens (tertiary/aromatic N) is 2. The number of rotatable bonds is 6. The molecule has 1 aliphatic rings. The number of hydrogen-bond acceptors (Lipinski definition) is 5. The summed E-state index contributed by atoms with van der Waals surface area (Å²) in [5, 5.41) is 11.9. The molecule has 0 aliphatic heterocycles. The van der Waals surface area contributed by atoms with Crippen LogP contribution >= 0.6 is 11.3 Å². The van der Waals surface area contributed by atoms with Crippen LogP contribution in [0.2, 0.25) is 0 Å². The third-order valence-electron chi connectivity index (χ3n) is 4.25. The molecule has 114 valence electrons. The Balaban J connectivity index is 1.64. The fourth-order valence-corrected chi connectivity index (χ4v) is 3.76. The van der Waals surface area contributed by atoms with Gasteiger partial charge in [-0.1, -0.05) is 24.9 Å². The van der Waals surface area contributed by atoms with E-state index in [-0.39, 0.29) is 0 Å². The quantitative estimate of drug-likeness (QED) is 0.879. The zero-order valence-electron chi connectivity index (χ0n) is 12.5. The Kier molecular flexibility index (Phi) is 5.04. The maximum Gasteiger partial charge on any atom is 0.227 e. The van der Waals surface area contributed by atoms with Crippen molar-refractivity contribution in [3.63, 3.8) is 0 Å². The lowest BCUT2D eigenvalue weighted by atomic mass is 9.82. The molecule has 3 rings (SSSR count). The van der Waals surface area contributed by atoms with Crippen LogP contribution in [0.3, 0.4) is 0 Å². The van der Waals surface area contributed by atoms with E-state index in [1.165, 1.54) is 32.1 Å². The lowest BCUT2D eigenvalue weighted by Gasteiger charge is -2.31. The van der Waals surface area contributed by atoms with Gasteiger partial charge in [0.15, 0.2) is 0 Å². The summed E-state index contributed by atoms with van der Waals surface area (Å²) < 4.78 is 5.46. The van der Waals surface area contributed by atoms with Crippen molar-refractivity contribution in [1.82, 2.24) is 15.5 Å². The van der Waals surface area contributed by atoms with Crippen LogP contribution < -0.4 is 5.32 Å². The summed E-state index contributed by atoms with van der Waals surface area (Å²) in [6, 6.07) is 2.64. The predicted octanol–water partition coefficient (Wildman–Crippen LogP) is 3.90. The number of hydrogen-bond donors (Lipinski definition) is 1. The fourth-order valence-electron chi connectivity index (χ4n) is 3.12. The summed E-state index contributed by atoms with van der Waals surface area (Å²) in [5.74, 6) is 2.13. The smallest absolute Gasteiger partial charge is 0.227 e. The van der Waals surface area contributed by atoms with Crippen LogP contribution in [0.1, 0.15) is 44.9 Å². The topological polar surface area (TPSA) is 51.0 Å². The molecule has 0 spiro atoms. The lowest BCUT2D eigenvalue weighted by Crippen LogP contribution is -2.39. The maximum atomic E-state index is 5.46. The summed E-state index contributed by atoms with van der Waals surface area (Å²) in [6.07, 6.45) is 7.28. The lowest BCUT2D eigenvalue weighted by molar-refractivity contribution is 0.240. The van der Waals surface area contributed by atoms with E-state index < -0.39 is 0 Å². The highest BCUT2D eigenvalue weighted by atomic mass is 32.1. The van der Waals surface area contributed by atoms with Crippen molar-refractivity contribution in [3.8, 4) is 11.4 Å². The average molecular weight is 305 g/mol. The highest BCUT2D eigenvalue weighted by molar-refractivity contribution is 7.08. The fraction of sp³-hybridized carbons (Fsp3) is 0.625. The normalized spacial score (nSPS) is 22.5. The predicted molar refractivity (Wildman–Crippen MR) is 85.4 cm³/mol. The first kappa shape index (κ1) is 14.7. The molecule has 21 heavy (non-hydrogen) atoms. The first-order valence-electron chi connectivity index (χ1n) is 7.95. The summed E-state index contributed by atoms with van der Waals surface area (Å²) >= 11 is 1.66. The van der Waals surface area contributed by atoms with Crippen LogP contribution in [0.15, 0.2) is 21.3 Å². The van der Waals surface area contributed by atoms with Crippen LogP contribution in [0.25, 0.3) is 11.4 Å². The first-order valence-corrected chi connectivity index (χ1v) is 8.89. The van der Waals surface area contributed by atoms with Crippen LogP contribution in [0.5, 0.6) is 0 Å². The molecule has 0 aromatic carbocycles. The van der Waals surface area contributed by atoms with Gasteiger partial charge in [0.05, 0.1) is 0 Å². The highest BCUT2D eigenvalue weighted by Crippen LogP contribution is 2.28. The van der Waals surface area contributed by atoms with Gasteiger partial charge in [0.1, 0.15) is 0 Å². The van der Waals surface area contributed by atoms with Crippen molar-refractivity contribution in [3.05, 3.63) is 22.7 Å². The SMILES string of the molecule is CCCNC1CCCCC1Cc1nc(-c2ccsc2)no1. The molecule has 0 amide bonds. The molecule has 5 heteroatoms. The minimum Gasteiger partial charge on any atom is -0.339 e. The second kappa shape index (κ2) is 7.18. The van der Waals surface area contributed by atoms with Gasteiger partial charge in [0, 0.05) is 23.4 Å².